The summed E-state index contributed by atoms with van der Waals surface area (Å²) in [5.41, 5.74) is 3.91. The minimum atomic E-state index is -2.86. The maximum absolute atomic E-state index is 8.87. The summed E-state index contributed by atoms with van der Waals surface area (Å²) in [5.74, 6) is 0.227. The van der Waals surface area contributed by atoms with Crippen LogP contribution in [-0.4, -0.2) is 23.5 Å². The van der Waals surface area contributed by atoms with E-state index >= 15 is 0 Å². The third-order valence-electron chi connectivity index (χ3n) is 1.06. The summed E-state index contributed by atoms with van der Waals surface area (Å²) in [6.45, 7) is 0. The normalized spacial score (nSPS) is 11.3. The van der Waals surface area contributed by atoms with Gasteiger partial charge in [-0.25, -0.2) is 4.21 Å². The van der Waals surface area contributed by atoms with Crippen molar-refractivity contribution in [2.75, 3.05) is 0 Å². The Bertz CT molecular complexity index is 299. The molecule has 1 atom stereocenters. The average Bonchev–Trinajstić information content (AvgIpc) is 1.96. The molecule has 0 spiro atoms. The summed E-state index contributed by atoms with van der Waals surface area (Å²) in [6, 6.07) is 4.21. The fraction of sp³-hybridized carbons (Fsp3) is 0. The molecule has 74 valence electrons. The van der Waals surface area contributed by atoms with Crippen molar-refractivity contribution in [3.8, 4) is 11.5 Å². The SMILES string of the molecule is O=S([O-])O.[NH3+]c1cc(O)ccc1O. The van der Waals surface area contributed by atoms with Gasteiger partial charge in [-0.3, -0.25) is 0 Å². The quantitative estimate of drug-likeness (QED) is 0.330. The van der Waals surface area contributed by atoms with Crippen LogP contribution in [0.5, 0.6) is 11.5 Å². The highest BCUT2D eigenvalue weighted by molar-refractivity contribution is 7.73. The summed E-state index contributed by atoms with van der Waals surface area (Å²) in [5, 5.41) is 17.7. The minimum absolute atomic E-state index is 0.104. The summed E-state index contributed by atoms with van der Waals surface area (Å²) in [6.07, 6.45) is 0. The Labute approximate surface area is 76.7 Å². The standard InChI is InChI=1S/C6H7NO2.H2O3S/c7-5-3-4(8)1-2-6(5)9;1-4(2)3/h1-3,8-9H,7H2;(H2,1,2,3). The first-order valence-corrected chi connectivity index (χ1v) is 4.09. The predicted octanol–water partition coefficient (Wildman–Crippen LogP) is -0.690. The summed E-state index contributed by atoms with van der Waals surface area (Å²) in [4.78, 5) is 0. The van der Waals surface area contributed by atoms with Gasteiger partial charge in [0.15, 0.2) is 11.4 Å². The van der Waals surface area contributed by atoms with E-state index in [4.69, 9.17) is 23.5 Å². The van der Waals surface area contributed by atoms with Crippen LogP contribution in [0.25, 0.3) is 0 Å². The second-order valence-electron chi connectivity index (χ2n) is 2.03. The molecular weight excluding hydrogens is 198 g/mol. The van der Waals surface area contributed by atoms with E-state index in [2.05, 4.69) is 5.73 Å². The zero-order valence-electron chi connectivity index (χ0n) is 6.51. The van der Waals surface area contributed by atoms with Crippen molar-refractivity contribution < 1.29 is 29.3 Å². The van der Waals surface area contributed by atoms with Crippen molar-refractivity contribution in [3.63, 3.8) is 0 Å². The highest BCUT2D eigenvalue weighted by Gasteiger charge is 1.98. The molecule has 0 saturated heterocycles. The molecule has 0 aromatic heterocycles. The average molecular weight is 207 g/mol. The van der Waals surface area contributed by atoms with E-state index in [1.54, 1.807) is 0 Å². The second-order valence-corrected chi connectivity index (χ2v) is 2.46. The molecule has 1 aromatic carbocycles. The topological polar surface area (TPSA) is 128 Å². The molecule has 0 fully saturated rings. The zero-order chi connectivity index (χ0) is 10.4. The monoisotopic (exact) mass is 207 g/mol. The fourth-order valence-corrected chi connectivity index (χ4v) is 0.572. The molecule has 0 aliphatic carbocycles. The van der Waals surface area contributed by atoms with Crippen molar-refractivity contribution in [1.82, 2.24) is 0 Å². The first-order valence-electron chi connectivity index (χ1n) is 3.05. The Morgan fingerprint density at radius 3 is 2.15 bits per heavy atom. The van der Waals surface area contributed by atoms with Gasteiger partial charge in [-0.15, -0.1) is 0 Å². The van der Waals surface area contributed by atoms with Gasteiger partial charge in [-0.1, -0.05) is 0 Å². The molecule has 0 amide bonds. The van der Waals surface area contributed by atoms with Gasteiger partial charge in [-0.2, -0.15) is 0 Å². The number of benzene rings is 1. The van der Waals surface area contributed by atoms with Crippen molar-refractivity contribution in [2.45, 2.75) is 0 Å². The van der Waals surface area contributed by atoms with Crippen LogP contribution in [0.4, 0.5) is 5.69 Å². The summed E-state index contributed by atoms with van der Waals surface area (Å²) < 4.78 is 24.1. The number of hydrogen-bond acceptors (Lipinski definition) is 4. The van der Waals surface area contributed by atoms with Crippen molar-refractivity contribution in [2.24, 2.45) is 0 Å². The van der Waals surface area contributed by atoms with E-state index in [1.807, 2.05) is 0 Å². The molecule has 1 aromatic rings. The van der Waals surface area contributed by atoms with Gasteiger partial charge in [0.2, 0.25) is 0 Å². The first-order chi connectivity index (χ1) is 5.93. The Kier molecular flexibility index (Phi) is 5.00. The van der Waals surface area contributed by atoms with Crippen LogP contribution < -0.4 is 5.73 Å². The van der Waals surface area contributed by atoms with Gasteiger partial charge >= 0.3 is 0 Å². The molecule has 0 heterocycles. The zero-order valence-corrected chi connectivity index (χ0v) is 7.32. The van der Waals surface area contributed by atoms with Crippen LogP contribution in [-0.2, 0) is 11.4 Å². The van der Waals surface area contributed by atoms with E-state index < -0.39 is 11.4 Å². The van der Waals surface area contributed by atoms with Crippen LogP contribution in [0.3, 0.4) is 0 Å². The highest BCUT2D eigenvalue weighted by atomic mass is 32.2. The Balaban J connectivity index is 0.000000310. The Morgan fingerprint density at radius 2 is 1.85 bits per heavy atom. The molecule has 0 aliphatic heterocycles. The minimum Gasteiger partial charge on any atom is -0.750 e. The number of aromatic hydroxyl groups is 2. The van der Waals surface area contributed by atoms with E-state index in [9.17, 15) is 0 Å². The molecule has 7 heteroatoms. The van der Waals surface area contributed by atoms with Gasteiger partial charge in [0.1, 0.15) is 5.75 Å². The molecule has 1 unspecified atom stereocenters. The van der Waals surface area contributed by atoms with Gasteiger partial charge in [0.05, 0.1) is 11.4 Å². The number of phenolic OH excluding ortho intramolecular Hbond substituents is 2. The smallest absolute Gasteiger partial charge is 0.177 e. The molecule has 0 bridgehead atoms. The van der Waals surface area contributed by atoms with E-state index in [1.165, 1.54) is 18.2 Å². The molecule has 6 N–H and O–H groups in total. The van der Waals surface area contributed by atoms with Crippen LogP contribution in [0.15, 0.2) is 18.2 Å². The lowest BCUT2D eigenvalue weighted by Gasteiger charge is -1.92. The Hall–Kier alpha value is -1.15. The first kappa shape index (κ1) is 11.8. The van der Waals surface area contributed by atoms with E-state index in [-0.39, 0.29) is 11.5 Å². The van der Waals surface area contributed by atoms with Crippen LogP contribution in [0.1, 0.15) is 0 Å². The van der Waals surface area contributed by atoms with Gasteiger partial charge < -0.3 is 25.1 Å². The highest BCUT2D eigenvalue weighted by Crippen LogP contribution is 2.21. The van der Waals surface area contributed by atoms with Crippen LogP contribution in [0, 0.1) is 0 Å². The molecular formula is C6H9NO5S. The molecule has 0 saturated carbocycles. The number of rotatable bonds is 0. The van der Waals surface area contributed by atoms with Gasteiger partial charge in [0, 0.05) is 6.07 Å². The van der Waals surface area contributed by atoms with Crippen LogP contribution in [0.2, 0.25) is 0 Å². The third-order valence-corrected chi connectivity index (χ3v) is 1.06. The van der Waals surface area contributed by atoms with Gasteiger partial charge in [-0.05, 0) is 12.1 Å². The van der Waals surface area contributed by atoms with Crippen molar-refractivity contribution in [1.29, 1.82) is 0 Å². The number of quaternary nitrogens is 1. The van der Waals surface area contributed by atoms with E-state index in [0.29, 0.717) is 5.69 Å². The van der Waals surface area contributed by atoms with Crippen molar-refractivity contribution >= 4 is 17.0 Å². The second kappa shape index (κ2) is 5.49. The molecule has 13 heavy (non-hydrogen) atoms. The van der Waals surface area contributed by atoms with Crippen LogP contribution >= 0.6 is 0 Å². The van der Waals surface area contributed by atoms with Crippen molar-refractivity contribution in [3.05, 3.63) is 18.2 Å². The molecule has 1 rings (SSSR count). The maximum atomic E-state index is 8.87. The number of hydrogen-bond donors (Lipinski definition) is 4. The third kappa shape index (κ3) is 6.05. The predicted molar refractivity (Wildman–Crippen MR) is 43.9 cm³/mol. The Morgan fingerprint density at radius 1 is 1.38 bits per heavy atom. The fourth-order valence-electron chi connectivity index (χ4n) is 0.572. The largest absolute Gasteiger partial charge is 0.750 e. The lowest BCUT2D eigenvalue weighted by Crippen LogP contribution is -2.40. The lowest BCUT2D eigenvalue weighted by atomic mass is 10.3. The lowest BCUT2D eigenvalue weighted by molar-refractivity contribution is -0.256. The summed E-state index contributed by atoms with van der Waals surface area (Å²) in [7, 11) is 0. The molecule has 0 radical (unpaired) electrons. The van der Waals surface area contributed by atoms with Gasteiger partial charge in [0.25, 0.3) is 0 Å². The molecule has 6 nitrogen and oxygen atoms in total. The maximum Gasteiger partial charge on any atom is 0.177 e. The molecule has 0 aliphatic rings. The number of phenols is 2. The summed E-state index contributed by atoms with van der Waals surface area (Å²) >= 11 is -2.86. The van der Waals surface area contributed by atoms with E-state index in [0.717, 1.165) is 0 Å².